The summed E-state index contributed by atoms with van der Waals surface area (Å²) in [5.41, 5.74) is 2.95. The summed E-state index contributed by atoms with van der Waals surface area (Å²) in [6.45, 7) is 0.620. The van der Waals surface area contributed by atoms with Crippen LogP contribution in [0.2, 0.25) is 0 Å². The molecule has 0 radical (unpaired) electrons. The molecule has 0 aliphatic rings. The second-order valence-electron chi connectivity index (χ2n) is 5.98. The van der Waals surface area contributed by atoms with Gasteiger partial charge in [0.05, 0.1) is 12.6 Å². The largest absolute Gasteiger partial charge is 0.496 e. The molecular weight excluding hydrogens is 314 g/mol. The molecule has 2 N–H and O–H groups in total. The summed E-state index contributed by atoms with van der Waals surface area (Å²) in [5, 5.41) is 5.11. The van der Waals surface area contributed by atoms with E-state index in [0.29, 0.717) is 13.0 Å². The summed E-state index contributed by atoms with van der Waals surface area (Å²) in [4.78, 5) is 15.4. The van der Waals surface area contributed by atoms with Gasteiger partial charge in [-0.25, -0.2) is 0 Å². The van der Waals surface area contributed by atoms with Crippen molar-refractivity contribution in [1.29, 1.82) is 0 Å². The molecule has 0 saturated heterocycles. The van der Waals surface area contributed by atoms with Crippen molar-refractivity contribution < 1.29 is 9.53 Å². The lowest BCUT2D eigenvalue weighted by molar-refractivity contribution is -0.116. The fraction of sp³-hybridized carbons (Fsp3) is 0.150. The van der Waals surface area contributed by atoms with Crippen LogP contribution in [-0.2, 0) is 11.3 Å². The van der Waals surface area contributed by atoms with Crippen LogP contribution in [0.25, 0.3) is 21.8 Å². The predicted octanol–water partition coefficient (Wildman–Crippen LogP) is 4.16. The molecule has 25 heavy (non-hydrogen) atoms. The molecule has 5 nitrogen and oxygen atoms in total. The number of nitrogens with zero attached hydrogens (tertiary/aromatic N) is 1. The molecule has 0 bridgehead atoms. The predicted molar refractivity (Wildman–Crippen MR) is 100 cm³/mol. The fourth-order valence-corrected chi connectivity index (χ4v) is 3.14. The minimum absolute atomic E-state index is 0.000341. The van der Waals surface area contributed by atoms with Crippen LogP contribution in [0, 0.1) is 0 Å². The quantitative estimate of drug-likeness (QED) is 0.576. The van der Waals surface area contributed by atoms with Crippen molar-refractivity contribution in [3.8, 4) is 5.75 Å². The Morgan fingerprint density at radius 1 is 1.20 bits per heavy atom. The number of fused-ring (bicyclic) bond motifs is 2. The van der Waals surface area contributed by atoms with Crippen LogP contribution < -0.4 is 10.1 Å². The highest BCUT2D eigenvalue weighted by Crippen LogP contribution is 2.26. The van der Waals surface area contributed by atoms with Crippen molar-refractivity contribution in [1.82, 2.24) is 9.55 Å². The minimum Gasteiger partial charge on any atom is -0.496 e. The number of aromatic nitrogens is 2. The van der Waals surface area contributed by atoms with Crippen LogP contribution in [0.3, 0.4) is 0 Å². The van der Waals surface area contributed by atoms with Crippen LogP contribution in [0.4, 0.5) is 5.69 Å². The van der Waals surface area contributed by atoms with Crippen LogP contribution >= 0.6 is 0 Å². The molecule has 0 aliphatic heterocycles. The Labute approximate surface area is 145 Å². The van der Waals surface area contributed by atoms with E-state index in [4.69, 9.17) is 4.74 Å². The van der Waals surface area contributed by atoms with Crippen molar-refractivity contribution in [3.05, 3.63) is 60.9 Å². The second-order valence-corrected chi connectivity index (χ2v) is 5.98. The van der Waals surface area contributed by atoms with Crippen molar-refractivity contribution in [2.24, 2.45) is 0 Å². The Morgan fingerprint density at radius 3 is 3.00 bits per heavy atom. The highest BCUT2D eigenvalue weighted by molar-refractivity contribution is 5.94. The number of H-pyrrole nitrogens is 1. The summed E-state index contributed by atoms with van der Waals surface area (Å²) in [5.74, 6) is 0.847. The lowest BCUT2D eigenvalue weighted by Gasteiger charge is -2.08. The van der Waals surface area contributed by atoms with Crippen LogP contribution in [0.15, 0.2) is 60.9 Å². The third-order valence-electron chi connectivity index (χ3n) is 4.41. The Morgan fingerprint density at radius 2 is 2.12 bits per heavy atom. The number of hydrogen-bond donors (Lipinski definition) is 2. The van der Waals surface area contributed by atoms with E-state index in [0.717, 1.165) is 33.2 Å². The zero-order valence-corrected chi connectivity index (χ0v) is 14.0. The van der Waals surface area contributed by atoms with Crippen LogP contribution in [0.1, 0.15) is 6.42 Å². The number of carbonyl (C=O) groups excluding carboxylic acids is 1. The van der Waals surface area contributed by atoms with E-state index in [9.17, 15) is 4.79 Å². The SMILES string of the molecule is COc1cccc2c1ccn2CCC(=O)Nc1ccc2[nH]ccc2c1. The average Bonchev–Trinajstić information content (AvgIpc) is 3.26. The molecule has 4 rings (SSSR count). The number of methoxy groups -OCH3 is 1. The maximum atomic E-state index is 12.3. The lowest BCUT2D eigenvalue weighted by Crippen LogP contribution is -2.14. The number of amides is 1. The molecule has 0 unspecified atom stereocenters. The Hall–Kier alpha value is -3.21. The van der Waals surface area contributed by atoms with E-state index in [2.05, 4.69) is 14.9 Å². The van der Waals surface area contributed by atoms with E-state index in [1.54, 1.807) is 7.11 Å². The number of nitrogens with one attached hydrogen (secondary N) is 2. The van der Waals surface area contributed by atoms with Gasteiger partial charge in [-0.1, -0.05) is 6.07 Å². The zero-order valence-electron chi connectivity index (χ0n) is 14.0. The van der Waals surface area contributed by atoms with Gasteiger partial charge in [0.25, 0.3) is 0 Å². The fourth-order valence-electron chi connectivity index (χ4n) is 3.14. The van der Waals surface area contributed by atoms with Gasteiger partial charge in [-0.2, -0.15) is 0 Å². The van der Waals surface area contributed by atoms with E-state index in [1.165, 1.54) is 0 Å². The number of aryl methyl sites for hydroxylation is 1. The van der Waals surface area contributed by atoms with E-state index in [1.807, 2.05) is 60.9 Å². The molecule has 0 fully saturated rings. The van der Waals surface area contributed by atoms with E-state index >= 15 is 0 Å². The molecule has 5 heteroatoms. The topological polar surface area (TPSA) is 59.0 Å². The molecule has 4 aromatic rings. The van der Waals surface area contributed by atoms with Crippen molar-refractivity contribution in [2.75, 3.05) is 12.4 Å². The highest BCUT2D eigenvalue weighted by atomic mass is 16.5. The van der Waals surface area contributed by atoms with E-state index in [-0.39, 0.29) is 5.91 Å². The molecule has 0 spiro atoms. The van der Waals surface area contributed by atoms with Gasteiger partial charge in [-0.15, -0.1) is 0 Å². The summed E-state index contributed by atoms with van der Waals surface area (Å²) in [6.07, 6.45) is 4.29. The van der Waals surface area contributed by atoms with Gasteiger partial charge in [-0.3, -0.25) is 4.79 Å². The summed E-state index contributed by atoms with van der Waals surface area (Å²) < 4.78 is 7.45. The Balaban J connectivity index is 1.45. The highest BCUT2D eigenvalue weighted by Gasteiger charge is 2.08. The third kappa shape index (κ3) is 2.96. The standard InChI is InChI=1S/C20H19N3O2/c1-25-19-4-2-3-18-16(19)8-11-23(18)12-9-20(24)22-15-5-6-17-14(13-15)7-10-21-17/h2-8,10-11,13,21H,9,12H2,1H3,(H,22,24). The van der Waals surface area contributed by atoms with Crippen molar-refractivity contribution in [3.63, 3.8) is 0 Å². The first-order chi connectivity index (χ1) is 12.2. The summed E-state index contributed by atoms with van der Waals surface area (Å²) in [7, 11) is 1.67. The maximum Gasteiger partial charge on any atom is 0.226 e. The van der Waals surface area contributed by atoms with Crippen LogP contribution in [-0.4, -0.2) is 22.6 Å². The van der Waals surface area contributed by atoms with Crippen LogP contribution in [0.5, 0.6) is 5.75 Å². The first kappa shape index (κ1) is 15.3. The van der Waals surface area contributed by atoms with E-state index < -0.39 is 0 Å². The van der Waals surface area contributed by atoms with Crippen molar-refractivity contribution >= 4 is 33.4 Å². The third-order valence-corrected chi connectivity index (χ3v) is 4.41. The lowest BCUT2D eigenvalue weighted by atomic mass is 10.2. The monoisotopic (exact) mass is 333 g/mol. The molecule has 0 atom stereocenters. The smallest absolute Gasteiger partial charge is 0.226 e. The zero-order chi connectivity index (χ0) is 17.2. The van der Waals surface area contributed by atoms with Gasteiger partial charge in [0.2, 0.25) is 5.91 Å². The Bertz CT molecular complexity index is 1050. The maximum absolute atomic E-state index is 12.3. The number of anilines is 1. The normalized spacial score (nSPS) is 11.1. The molecule has 1 amide bonds. The summed E-state index contributed by atoms with van der Waals surface area (Å²) >= 11 is 0. The molecular formula is C20H19N3O2. The van der Waals surface area contributed by atoms with Crippen molar-refractivity contribution in [2.45, 2.75) is 13.0 Å². The number of aromatic amines is 1. The number of hydrogen-bond acceptors (Lipinski definition) is 2. The Kier molecular flexibility index (Phi) is 3.90. The minimum atomic E-state index is -0.000341. The molecule has 0 saturated carbocycles. The average molecular weight is 333 g/mol. The molecule has 0 aliphatic carbocycles. The first-order valence-electron chi connectivity index (χ1n) is 8.23. The van der Waals surface area contributed by atoms with Gasteiger partial charge in [0.1, 0.15) is 5.75 Å². The summed E-state index contributed by atoms with van der Waals surface area (Å²) in [6, 6.07) is 15.8. The van der Waals surface area contributed by atoms with Gasteiger partial charge in [0.15, 0.2) is 0 Å². The molecule has 2 heterocycles. The number of rotatable bonds is 5. The molecule has 2 aromatic carbocycles. The molecule has 126 valence electrons. The number of carbonyl (C=O) groups is 1. The molecule has 2 aromatic heterocycles. The van der Waals surface area contributed by atoms with Gasteiger partial charge in [0, 0.05) is 47.3 Å². The second kappa shape index (κ2) is 6.36. The van der Waals surface area contributed by atoms with Gasteiger partial charge in [-0.05, 0) is 42.5 Å². The number of benzene rings is 2. The number of ether oxygens (including phenoxy) is 1. The van der Waals surface area contributed by atoms with Gasteiger partial charge < -0.3 is 19.6 Å². The first-order valence-corrected chi connectivity index (χ1v) is 8.23. The van der Waals surface area contributed by atoms with Gasteiger partial charge >= 0.3 is 0 Å².